The Morgan fingerprint density at radius 2 is 2.31 bits per heavy atom. The zero-order valence-electron chi connectivity index (χ0n) is 8.13. The fourth-order valence-corrected chi connectivity index (χ4v) is 1.14. The van der Waals surface area contributed by atoms with Crippen LogP contribution in [0, 0.1) is 5.41 Å². The van der Waals surface area contributed by atoms with Gasteiger partial charge in [-0.1, -0.05) is 25.4 Å². The molecular weight excluding hydrogens is 186 g/mol. The molecule has 0 aromatic carbocycles. The third kappa shape index (κ3) is 3.36. The molecule has 1 aromatic rings. The van der Waals surface area contributed by atoms with Crippen LogP contribution in [0.4, 0.5) is 0 Å². The quantitative estimate of drug-likeness (QED) is 0.809. The highest BCUT2D eigenvalue weighted by atomic mass is 35.5. The molecule has 0 amide bonds. The van der Waals surface area contributed by atoms with E-state index in [2.05, 4.69) is 18.9 Å². The van der Waals surface area contributed by atoms with Crippen molar-refractivity contribution in [3.05, 3.63) is 17.4 Å². The molecular formula is C9H16ClN3. The predicted octanol–water partition coefficient (Wildman–Crippen LogP) is 1.91. The fraction of sp³-hybridized carbons (Fsp3) is 0.667. The molecule has 0 unspecified atom stereocenters. The lowest BCUT2D eigenvalue weighted by Crippen LogP contribution is -2.25. The molecule has 1 rings (SSSR count). The summed E-state index contributed by atoms with van der Waals surface area (Å²) in [6.07, 6.45) is 4.49. The molecule has 4 heteroatoms. The van der Waals surface area contributed by atoms with Crippen LogP contribution in [0.3, 0.4) is 0 Å². The van der Waals surface area contributed by atoms with Gasteiger partial charge >= 0.3 is 0 Å². The molecule has 0 aliphatic heterocycles. The van der Waals surface area contributed by atoms with Gasteiger partial charge in [-0.3, -0.25) is 4.68 Å². The van der Waals surface area contributed by atoms with Crippen LogP contribution in [0.15, 0.2) is 12.4 Å². The first-order valence-electron chi connectivity index (χ1n) is 4.41. The third-order valence-electron chi connectivity index (χ3n) is 2.17. The van der Waals surface area contributed by atoms with Crippen molar-refractivity contribution in [3.8, 4) is 0 Å². The Bertz CT molecular complexity index is 268. The fourth-order valence-electron chi connectivity index (χ4n) is 0.980. The Balaban J connectivity index is 2.43. The summed E-state index contributed by atoms with van der Waals surface area (Å²) in [6.45, 7) is 5.87. The molecule has 0 spiro atoms. The van der Waals surface area contributed by atoms with Crippen LogP contribution in [0.5, 0.6) is 0 Å². The molecule has 0 aliphatic rings. The summed E-state index contributed by atoms with van der Waals surface area (Å²) in [4.78, 5) is 0. The Hall–Kier alpha value is -0.540. The van der Waals surface area contributed by atoms with E-state index < -0.39 is 0 Å². The topological polar surface area (TPSA) is 43.8 Å². The van der Waals surface area contributed by atoms with Gasteiger partial charge in [-0.15, -0.1) is 0 Å². The summed E-state index contributed by atoms with van der Waals surface area (Å²) in [5.74, 6) is 0. The molecule has 1 heterocycles. The van der Waals surface area contributed by atoms with Crippen molar-refractivity contribution in [2.75, 3.05) is 6.54 Å². The highest BCUT2D eigenvalue weighted by molar-refractivity contribution is 6.30. The van der Waals surface area contributed by atoms with Crippen molar-refractivity contribution in [2.45, 2.75) is 26.8 Å². The third-order valence-corrected chi connectivity index (χ3v) is 2.37. The van der Waals surface area contributed by atoms with Gasteiger partial charge in [0.2, 0.25) is 0 Å². The van der Waals surface area contributed by atoms with Crippen LogP contribution >= 0.6 is 11.6 Å². The second-order valence-electron chi connectivity index (χ2n) is 4.04. The molecule has 13 heavy (non-hydrogen) atoms. The minimum Gasteiger partial charge on any atom is -0.330 e. The minimum absolute atomic E-state index is 0.179. The normalized spacial score (nSPS) is 12.0. The van der Waals surface area contributed by atoms with E-state index in [1.807, 2.05) is 10.9 Å². The van der Waals surface area contributed by atoms with Crippen molar-refractivity contribution in [1.82, 2.24) is 9.78 Å². The van der Waals surface area contributed by atoms with Crippen molar-refractivity contribution >= 4 is 11.6 Å². The number of rotatable bonds is 4. The second-order valence-corrected chi connectivity index (χ2v) is 4.48. The number of hydrogen-bond acceptors (Lipinski definition) is 2. The molecule has 0 radical (unpaired) electrons. The number of nitrogens with zero attached hydrogens (tertiary/aromatic N) is 2. The van der Waals surface area contributed by atoms with Crippen LogP contribution in [0.2, 0.25) is 5.02 Å². The first kappa shape index (κ1) is 10.5. The number of nitrogens with two attached hydrogens (primary N) is 1. The molecule has 0 atom stereocenters. The maximum Gasteiger partial charge on any atom is 0.0785 e. The van der Waals surface area contributed by atoms with Crippen molar-refractivity contribution < 1.29 is 0 Å². The van der Waals surface area contributed by atoms with Gasteiger partial charge in [0.05, 0.1) is 11.2 Å². The van der Waals surface area contributed by atoms with E-state index >= 15 is 0 Å². The summed E-state index contributed by atoms with van der Waals surface area (Å²) in [6, 6.07) is 0. The molecule has 0 fully saturated rings. The molecule has 0 saturated heterocycles. The predicted molar refractivity (Wildman–Crippen MR) is 54.7 cm³/mol. The van der Waals surface area contributed by atoms with Crippen LogP contribution in [-0.4, -0.2) is 16.3 Å². The van der Waals surface area contributed by atoms with E-state index in [1.54, 1.807) is 6.20 Å². The molecule has 3 nitrogen and oxygen atoms in total. The lowest BCUT2D eigenvalue weighted by atomic mass is 9.90. The standard InChI is InChI=1S/C9H16ClN3/c1-9(2,7-11)3-4-13-6-8(10)5-12-13/h5-6H,3-4,7,11H2,1-2H3. The molecule has 1 aromatic heterocycles. The minimum atomic E-state index is 0.179. The summed E-state index contributed by atoms with van der Waals surface area (Å²) < 4.78 is 1.85. The maximum absolute atomic E-state index is 5.74. The molecule has 2 N–H and O–H groups in total. The summed E-state index contributed by atoms with van der Waals surface area (Å²) in [5, 5.41) is 4.78. The van der Waals surface area contributed by atoms with E-state index in [4.69, 9.17) is 17.3 Å². The second kappa shape index (κ2) is 4.11. The van der Waals surface area contributed by atoms with Gasteiger partial charge in [0.1, 0.15) is 0 Å². The SMILES string of the molecule is CC(C)(CN)CCn1cc(Cl)cn1. The molecule has 74 valence electrons. The van der Waals surface area contributed by atoms with Crippen LogP contribution < -0.4 is 5.73 Å². The van der Waals surface area contributed by atoms with E-state index in [1.165, 1.54) is 0 Å². The monoisotopic (exact) mass is 201 g/mol. The van der Waals surface area contributed by atoms with Gasteiger partial charge < -0.3 is 5.73 Å². The van der Waals surface area contributed by atoms with Gasteiger partial charge in [-0.2, -0.15) is 5.10 Å². The zero-order valence-corrected chi connectivity index (χ0v) is 8.88. The highest BCUT2D eigenvalue weighted by Crippen LogP contribution is 2.19. The van der Waals surface area contributed by atoms with E-state index in [9.17, 15) is 0 Å². The highest BCUT2D eigenvalue weighted by Gasteiger charge is 2.15. The van der Waals surface area contributed by atoms with Gasteiger partial charge in [0, 0.05) is 12.7 Å². The lowest BCUT2D eigenvalue weighted by Gasteiger charge is -2.21. The summed E-state index contributed by atoms with van der Waals surface area (Å²) in [5.41, 5.74) is 5.80. The first-order chi connectivity index (χ1) is 6.03. The summed E-state index contributed by atoms with van der Waals surface area (Å²) >= 11 is 5.74. The number of aromatic nitrogens is 2. The molecule has 0 saturated carbocycles. The smallest absolute Gasteiger partial charge is 0.0785 e. The zero-order chi connectivity index (χ0) is 9.90. The average Bonchev–Trinajstić information content (AvgIpc) is 2.48. The van der Waals surface area contributed by atoms with Crippen molar-refractivity contribution in [1.29, 1.82) is 0 Å². The van der Waals surface area contributed by atoms with E-state index in [0.717, 1.165) is 13.0 Å². The number of hydrogen-bond donors (Lipinski definition) is 1. The average molecular weight is 202 g/mol. The Labute approximate surface area is 83.9 Å². The largest absolute Gasteiger partial charge is 0.330 e. The van der Waals surface area contributed by atoms with Gasteiger partial charge in [0.15, 0.2) is 0 Å². The van der Waals surface area contributed by atoms with E-state index in [-0.39, 0.29) is 5.41 Å². The van der Waals surface area contributed by atoms with Gasteiger partial charge in [0.25, 0.3) is 0 Å². The lowest BCUT2D eigenvalue weighted by molar-refractivity contribution is 0.317. The Morgan fingerprint density at radius 1 is 1.62 bits per heavy atom. The number of aryl methyl sites for hydroxylation is 1. The van der Waals surface area contributed by atoms with Crippen molar-refractivity contribution in [2.24, 2.45) is 11.1 Å². The molecule has 0 aliphatic carbocycles. The summed E-state index contributed by atoms with van der Waals surface area (Å²) in [7, 11) is 0. The van der Waals surface area contributed by atoms with Gasteiger partial charge in [-0.05, 0) is 18.4 Å². The Kier molecular flexibility index (Phi) is 3.33. The molecule has 0 bridgehead atoms. The number of halogens is 1. The van der Waals surface area contributed by atoms with Crippen LogP contribution in [-0.2, 0) is 6.54 Å². The Morgan fingerprint density at radius 3 is 2.77 bits per heavy atom. The van der Waals surface area contributed by atoms with E-state index in [0.29, 0.717) is 11.6 Å². The van der Waals surface area contributed by atoms with Crippen LogP contribution in [0.25, 0.3) is 0 Å². The van der Waals surface area contributed by atoms with Crippen molar-refractivity contribution in [3.63, 3.8) is 0 Å². The van der Waals surface area contributed by atoms with Gasteiger partial charge in [-0.25, -0.2) is 0 Å². The first-order valence-corrected chi connectivity index (χ1v) is 4.79. The van der Waals surface area contributed by atoms with Crippen LogP contribution in [0.1, 0.15) is 20.3 Å². The maximum atomic E-state index is 5.74.